The molecule has 12 heteroatoms. The SMILES string of the molecule is CCCCCCCC/C=C/CCCCCCCC(=O)O[C@H](COC(=O)CCCCCCCCCCCCCCCCCCCC)COP(=O)(O)OC[C@H](N)C(=O)O. The molecule has 336 valence electrons. The van der Waals surface area contributed by atoms with Crippen molar-refractivity contribution in [2.24, 2.45) is 5.73 Å². The van der Waals surface area contributed by atoms with Gasteiger partial charge in [0.2, 0.25) is 0 Å². The highest BCUT2D eigenvalue weighted by Crippen LogP contribution is 2.43. The van der Waals surface area contributed by atoms with Gasteiger partial charge >= 0.3 is 25.7 Å². The van der Waals surface area contributed by atoms with Crippen LogP contribution < -0.4 is 5.73 Å². The van der Waals surface area contributed by atoms with Crippen molar-refractivity contribution in [1.29, 1.82) is 0 Å². The average Bonchev–Trinajstić information content (AvgIpc) is 3.19. The Kier molecular flexibility index (Phi) is 39.7. The zero-order valence-corrected chi connectivity index (χ0v) is 37.3. The summed E-state index contributed by atoms with van der Waals surface area (Å²) in [5, 5.41) is 8.89. The van der Waals surface area contributed by atoms with Crippen molar-refractivity contribution in [3.05, 3.63) is 12.2 Å². The van der Waals surface area contributed by atoms with Gasteiger partial charge in [-0.05, 0) is 38.5 Å². The lowest BCUT2D eigenvalue weighted by Gasteiger charge is -2.20. The van der Waals surface area contributed by atoms with Crippen LogP contribution in [0.2, 0.25) is 0 Å². The summed E-state index contributed by atoms with van der Waals surface area (Å²) in [5.74, 6) is -2.37. The number of ether oxygens (including phenoxy) is 2. The zero-order chi connectivity index (χ0) is 42.1. The zero-order valence-electron chi connectivity index (χ0n) is 36.5. The first-order valence-corrected chi connectivity index (χ1v) is 24.7. The molecule has 11 nitrogen and oxygen atoms in total. The van der Waals surface area contributed by atoms with Gasteiger partial charge in [-0.3, -0.25) is 23.4 Å². The first-order valence-electron chi connectivity index (χ1n) is 23.2. The van der Waals surface area contributed by atoms with Crippen LogP contribution in [-0.4, -0.2) is 59.9 Å². The number of esters is 2. The number of hydrogen-bond donors (Lipinski definition) is 3. The summed E-state index contributed by atoms with van der Waals surface area (Å²) in [5.41, 5.74) is 5.34. The maximum Gasteiger partial charge on any atom is 0.472 e. The largest absolute Gasteiger partial charge is 0.480 e. The Balaban J connectivity index is 4.29. The molecule has 0 fully saturated rings. The van der Waals surface area contributed by atoms with Gasteiger partial charge < -0.3 is 25.2 Å². The quantitative estimate of drug-likeness (QED) is 0.0231. The van der Waals surface area contributed by atoms with Gasteiger partial charge in [-0.1, -0.05) is 187 Å². The summed E-state index contributed by atoms with van der Waals surface area (Å²) in [6, 6.07) is -1.52. The van der Waals surface area contributed by atoms with Gasteiger partial charge in [0, 0.05) is 12.8 Å². The standard InChI is InChI=1S/C45H86NO10P/c1-3-5-7-9-11-13-15-17-19-20-21-23-24-26-28-30-32-34-36-43(47)53-38-41(39-54-57(51,52)55-40-42(46)45(49)50)56-44(48)37-35-33-31-29-27-25-22-18-16-14-12-10-8-6-4-2/h18,22,41-42H,3-17,19-21,23-40,46H2,1-2H3,(H,49,50)(H,51,52)/b22-18+/t41-,42+/m1/s1. The molecule has 1 unspecified atom stereocenters. The molecule has 0 aliphatic heterocycles. The molecule has 0 rings (SSSR count). The lowest BCUT2D eigenvalue weighted by Crippen LogP contribution is -2.34. The third kappa shape index (κ3) is 40.8. The maximum absolute atomic E-state index is 12.6. The third-order valence-corrected chi connectivity index (χ3v) is 11.2. The Morgan fingerprint density at radius 3 is 1.28 bits per heavy atom. The second-order valence-electron chi connectivity index (χ2n) is 15.9. The molecule has 0 aromatic carbocycles. The van der Waals surface area contributed by atoms with Crippen LogP contribution in [0.15, 0.2) is 12.2 Å². The molecule has 0 heterocycles. The van der Waals surface area contributed by atoms with E-state index in [-0.39, 0.29) is 19.4 Å². The molecular formula is C45H86NO10P. The van der Waals surface area contributed by atoms with Crippen LogP contribution in [0.3, 0.4) is 0 Å². The number of carbonyl (C=O) groups excluding carboxylic acids is 2. The number of nitrogens with two attached hydrogens (primary N) is 1. The van der Waals surface area contributed by atoms with Crippen molar-refractivity contribution in [2.75, 3.05) is 19.8 Å². The monoisotopic (exact) mass is 832 g/mol. The van der Waals surface area contributed by atoms with E-state index in [1.54, 1.807) is 0 Å². The minimum absolute atomic E-state index is 0.155. The van der Waals surface area contributed by atoms with Gasteiger partial charge in [0.1, 0.15) is 12.6 Å². The van der Waals surface area contributed by atoms with Gasteiger partial charge in [0.15, 0.2) is 6.10 Å². The van der Waals surface area contributed by atoms with E-state index >= 15 is 0 Å². The number of allylic oxidation sites excluding steroid dienone is 2. The second kappa shape index (κ2) is 41.0. The molecule has 0 aromatic rings. The second-order valence-corrected chi connectivity index (χ2v) is 17.3. The van der Waals surface area contributed by atoms with Crippen LogP contribution in [0.25, 0.3) is 0 Å². The number of carboxylic acids is 1. The summed E-state index contributed by atoms with van der Waals surface area (Å²) >= 11 is 0. The number of hydrogen-bond acceptors (Lipinski definition) is 9. The van der Waals surface area contributed by atoms with E-state index in [0.29, 0.717) is 12.8 Å². The van der Waals surface area contributed by atoms with Crippen LogP contribution >= 0.6 is 7.82 Å². The molecule has 0 amide bonds. The number of rotatable bonds is 44. The molecule has 0 aliphatic rings. The maximum atomic E-state index is 12.6. The highest BCUT2D eigenvalue weighted by molar-refractivity contribution is 7.47. The van der Waals surface area contributed by atoms with Crippen molar-refractivity contribution >= 4 is 25.7 Å². The molecule has 0 aromatic heterocycles. The number of phosphoric acid groups is 1. The fourth-order valence-electron chi connectivity index (χ4n) is 6.59. The van der Waals surface area contributed by atoms with Crippen molar-refractivity contribution in [3.63, 3.8) is 0 Å². The first kappa shape index (κ1) is 55.2. The Labute approximate surface area is 348 Å². The molecule has 0 aliphatic carbocycles. The molecule has 3 atom stereocenters. The molecule has 0 bridgehead atoms. The van der Waals surface area contributed by atoms with Gasteiger partial charge in [0.05, 0.1) is 13.2 Å². The van der Waals surface area contributed by atoms with E-state index in [2.05, 4.69) is 30.5 Å². The molecular weight excluding hydrogens is 745 g/mol. The number of carbonyl (C=O) groups is 3. The van der Waals surface area contributed by atoms with Gasteiger partial charge in [-0.25, -0.2) is 4.57 Å². The Morgan fingerprint density at radius 2 is 0.877 bits per heavy atom. The molecule has 4 N–H and O–H groups in total. The third-order valence-electron chi connectivity index (χ3n) is 10.3. The highest BCUT2D eigenvalue weighted by Gasteiger charge is 2.28. The first-order chi connectivity index (χ1) is 27.6. The molecule has 0 radical (unpaired) electrons. The Morgan fingerprint density at radius 1 is 0.526 bits per heavy atom. The minimum Gasteiger partial charge on any atom is -0.480 e. The smallest absolute Gasteiger partial charge is 0.472 e. The minimum atomic E-state index is -4.71. The summed E-state index contributed by atoms with van der Waals surface area (Å²) in [7, 11) is -4.71. The topological polar surface area (TPSA) is 172 Å². The normalized spacial score (nSPS) is 13.8. The molecule has 57 heavy (non-hydrogen) atoms. The number of unbranched alkanes of at least 4 members (excludes halogenated alkanes) is 28. The van der Waals surface area contributed by atoms with Crippen LogP contribution in [0.5, 0.6) is 0 Å². The predicted molar refractivity (Wildman–Crippen MR) is 231 cm³/mol. The summed E-state index contributed by atoms with van der Waals surface area (Å²) in [6.45, 7) is 2.82. The van der Waals surface area contributed by atoms with Gasteiger partial charge in [0.25, 0.3) is 0 Å². The van der Waals surface area contributed by atoms with Crippen LogP contribution in [0.4, 0.5) is 0 Å². The lowest BCUT2D eigenvalue weighted by atomic mass is 10.0. The van der Waals surface area contributed by atoms with E-state index in [9.17, 15) is 23.8 Å². The van der Waals surface area contributed by atoms with Crippen molar-refractivity contribution < 1.29 is 47.5 Å². The molecule has 0 spiro atoms. The van der Waals surface area contributed by atoms with E-state index < -0.39 is 51.1 Å². The van der Waals surface area contributed by atoms with Crippen molar-refractivity contribution in [2.45, 2.75) is 238 Å². The van der Waals surface area contributed by atoms with Crippen LogP contribution in [0.1, 0.15) is 226 Å². The Hall–Kier alpha value is -1.78. The fourth-order valence-corrected chi connectivity index (χ4v) is 7.37. The van der Waals surface area contributed by atoms with Crippen LogP contribution in [0, 0.1) is 0 Å². The van der Waals surface area contributed by atoms with Crippen molar-refractivity contribution in [3.8, 4) is 0 Å². The number of carboxylic acid groups (broad SMARTS) is 1. The lowest BCUT2D eigenvalue weighted by molar-refractivity contribution is -0.161. The fraction of sp³-hybridized carbons (Fsp3) is 0.889. The highest BCUT2D eigenvalue weighted by atomic mass is 31.2. The van der Waals surface area contributed by atoms with Gasteiger partial charge in [-0.2, -0.15) is 0 Å². The molecule has 0 saturated carbocycles. The van der Waals surface area contributed by atoms with E-state index in [1.165, 1.54) is 128 Å². The predicted octanol–water partition coefficient (Wildman–Crippen LogP) is 12.5. The Bertz CT molecular complexity index is 1030. The van der Waals surface area contributed by atoms with Crippen molar-refractivity contribution in [1.82, 2.24) is 0 Å². The summed E-state index contributed by atoms with van der Waals surface area (Å²) in [6.07, 6.45) is 41.3. The van der Waals surface area contributed by atoms with E-state index in [1.807, 2.05) is 0 Å². The number of phosphoric ester groups is 1. The van der Waals surface area contributed by atoms with Crippen LogP contribution in [-0.2, 0) is 37.5 Å². The van der Waals surface area contributed by atoms with E-state index in [4.69, 9.17) is 24.8 Å². The molecule has 0 saturated heterocycles. The number of aliphatic carboxylic acids is 1. The summed E-state index contributed by atoms with van der Waals surface area (Å²) < 4.78 is 32.7. The van der Waals surface area contributed by atoms with Gasteiger partial charge in [-0.15, -0.1) is 0 Å². The summed E-state index contributed by atoms with van der Waals surface area (Å²) in [4.78, 5) is 46.0. The average molecular weight is 832 g/mol. The van der Waals surface area contributed by atoms with E-state index in [0.717, 1.165) is 57.8 Å².